The largest absolute Gasteiger partial charge is 0.367 e. The Morgan fingerprint density at radius 3 is 3.06 bits per heavy atom. The summed E-state index contributed by atoms with van der Waals surface area (Å²) >= 11 is 5.55. The van der Waals surface area contributed by atoms with E-state index in [9.17, 15) is 0 Å². The lowest BCUT2D eigenvalue weighted by molar-refractivity contribution is 0.816. The zero-order chi connectivity index (χ0) is 11.5. The molecule has 2 rings (SSSR count). The van der Waals surface area contributed by atoms with Gasteiger partial charge in [-0.25, -0.2) is 0 Å². The highest BCUT2D eigenvalue weighted by molar-refractivity contribution is 6.25. The van der Waals surface area contributed by atoms with Crippen molar-refractivity contribution in [1.29, 1.82) is 0 Å². The van der Waals surface area contributed by atoms with Gasteiger partial charge in [0.1, 0.15) is 0 Å². The lowest BCUT2D eigenvalue weighted by Crippen LogP contribution is -2.19. The Morgan fingerprint density at radius 1 is 1.56 bits per heavy atom. The molecule has 0 saturated carbocycles. The van der Waals surface area contributed by atoms with Gasteiger partial charge in [-0.2, -0.15) is 0 Å². The van der Waals surface area contributed by atoms with Crippen molar-refractivity contribution < 1.29 is 0 Å². The molecule has 86 valence electrons. The van der Waals surface area contributed by atoms with Crippen LogP contribution < -0.4 is 10.6 Å². The van der Waals surface area contributed by atoms with Crippen LogP contribution in [0, 0.1) is 0 Å². The topological polar surface area (TPSA) is 29.3 Å². The maximum absolute atomic E-state index is 5.88. The van der Waals surface area contributed by atoms with Crippen molar-refractivity contribution in [2.24, 2.45) is 5.73 Å². The second kappa shape index (κ2) is 4.89. The van der Waals surface area contributed by atoms with Gasteiger partial charge in [0, 0.05) is 30.4 Å². The van der Waals surface area contributed by atoms with Crippen molar-refractivity contribution in [1.82, 2.24) is 0 Å². The van der Waals surface area contributed by atoms with Gasteiger partial charge in [-0.3, -0.25) is 0 Å². The lowest BCUT2D eigenvalue weighted by atomic mass is 10.0. The van der Waals surface area contributed by atoms with Crippen LogP contribution in [0.3, 0.4) is 0 Å². The molecule has 3 heteroatoms. The molecule has 1 heterocycles. The number of rotatable bonds is 3. The summed E-state index contributed by atoms with van der Waals surface area (Å²) in [5.74, 6) is 0. The number of halogens is 1. The van der Waals surface area contributed by atoms with Crippen molar-refractivity contribution in [3.05, 3.63) is 40.9 Å². The highest BCUT2D eigenvalue weighted by Gasteiger charge is 2.18. The van der Waals surface area contributed by atoms with E-state index in [1.807, 2.05) is 13.0 Å². The number of nitrogens with zero attached hydrogens (tertiary/aromatic N) is 1. The van der Waals surface area contributed by atoms with Crippen LogP contribution in [0.2, 0.25) is 0 Å². The zero-order valence-electron chi connectivity index (χ0n) is 9.49. The molecule has 0 amide bonds. The average molecular weight is 237 g/mol. The minimum atomic E-state index is 0.113. The quantitative estimate of drug-likeness (QED) is 0.875. The minimum absolute atomic E-state index is 0.113. The standard InChI is InChI=1S/C13H17ClN2/c1-10(15)11-3-4-13-12(9-11)5-8-16(13)7-2-6-14/h2-4,6,9-10H,5,7-8,15H2,1H3/b6-2+. The smallest absolute Gasteiger partial charge is 0.0402 e. The van der Waals surface area contributed by atoms with Gasteiger partial charge in [-0.1, -0.05) is 29.8 Å². The van der Waals surface area contributed by atoms with Crippen LogP contribution in [-0.2, 0) is 6.42 Å². The van der Waals surface area contributed by atoms with E-state index in [2.05, 4.69) is 23.1 Å². The fourth-order valence-electron chi connectivity index (χ4n) is 2.13. The third kappa shape index (κ3) is 2.23. The summed E-state index contributed by atoms with van der Waals surface area (Å²) in [6.07, 6.45) is 3.07. The van der Waals surface area contributed by atoms with E-state index in [0.717, 1.165) is 19.5 Å². The normalized spacial score (nSPS) is 16.8. The molecule has 1 atom stereocenters. The molecule has 1 aromatic carbocycles. The van der Waals surface area contributed by atoms with E-state index < -0.39 is 0 Å². The van der Waals surface area contributed by atoms with Crippen LogP contribution in [-0.4, -0.2) is 13.1 Å². The Kier molecular flexibility index (Phi) is 3.52. The minimum Gasteiger partial charge on any atom is -0.367 e. The van der Waals surface area contributed by atoms with Crippen molar-refractivity contribution in [2.75, 3.05) is 18.0 Å². The molecule has 2 N–H and O–H groups in total. The molecule has 1 aliphatic heterocycles. The molecule has 0 aliphatic carbocycles. The number of anilines is 1. The first kappa shape index (κ1) is 11.5. The van der Waals surface area contributed by atoms with Gasteiger partial charge in [0.25, 0.3) is 0 Å². The summed E-state index contributed by atoms with van der Waals surface area (Å²) in [7, 11) is 0. The SMILES string of the molecule is CC(N)c1ccc2c(c1)CCN2C/C=C/Cl. The molecule has 1 aromatic rings. The Bertz CT molecular complexity index is 399. The van der Waals surface area contributed by atoms with Crippen LogP contribution in [0.1, 0.15) is 24.1 Å². The Balaban J connectivity index is 2.22. The molecule has 16 heavy (non-hydrogen) atoms. The van der Waals surface area contributed by atoms with Gasteiger partial charge in [0.15, 0.2) is 0 Å². The number of fused-ring (bicyclic) bond motifs is 1. The van der Waals surface area contributed by atoms with Crippen LogP contribution in [0.4, 0.5) is 5.69 Å². The van der Waals surface area contributed by atoms with E-state index in [1.165, 1.54) is 16.8 Å². The van der Waals surface area contributed by atoms with Gasteiger partial charge in [0.05, 0.1) is 0 Å². The Hall–Kier alpha value is -0.990. The molecule has 0 saturated heterocycles. The van der Waals surface area contributed by atoms with Gasteiger partial charge < -0.3 is 10.6 Å². The molecular weight excluding hydrogens is 220 g/mol. The summed E-state index contributed by atoms with van der Waals surface area (Å²) in [5.41, 5.74) is 11.4. The molecule has 1 aliphatic rings. The van der Waals surface area contributed by atoms with E-state index in [1.54, 1.807) is 5.54 Å². The van der Waals surface area contributed by atoms with Gasteiger partial charge in [-0.05, 0) is 30.5 Å². The van der Waals surface area contributed by atoms with Crippen molar-refractivity contribution in [3.8, 4) is 0 Å². The summed E-state index contributed by atoms with van der Waals surface area (Å²) in [4.78, 5) is 2.33. The highest BCUT2D eigenvalue weighted by atomic mass is 35.5. The third-order valence-corrected chi connectivity index (χ3v) is 3.21. The van der Waals surface area contributed by atoms with E-state index in [0.29, 0.717) is 0 Å². The maximum Gasteiger partial charge on any atom is 0.0402 e. The zero-order valence-corrected chi connectivity index (χ0v) is 10.2. The first-order chi connectivity index (χ1) is 7.72. The van der Waals surface area contributed by atoms with E-state index in [4.69, 9.17) is 17.3 Å². The third-order valence-electron chi connectivity index (χ3n) is 3.04. The predicted octanol–water partition coefficient (Wildman–Crippen LogP) is 2.82. The summed E-state index contributed by atoms with van der Waals surface area (Å²) in [6.45, 7) is 3.97. The molecule has 0 bridgehead atoms. The first-order valence-corrected chi connectivity index (χ1v) is 6.04. The molecular formula is C13H17ClN2. The van der Waals surface area contributed by atoms with Crippen LogP contribution in [0.15, 0.2) is 29.8 Å². The summed E-state index contributed by atoms with van der Waals surface area (Å²) < 4.78 is 0. The van der Waals surface area contributed by atoms with Crippen molar-refractivity contribution >= 4 is 17.3 Å². The van der Waals surface area contributed by atoms with E-state index in [-0.39, 0.29) is 6.04 Å². The van der Waals surface area contributed by atoms with Gasteiger partial charge in [-0.15, -0.1) is 0 Å². The molecule has 0 aromatic heterocycles. The Labute approximate surface area is 102 Å². The fraction of sp³-hybridized carbons (Fsp3) is 0.385. The fourth-order valence-corrected chi connectivity index (χ4v) is 2.21. The number of benzene rings is 1. The van der Waals surface area contributed by atoms with Crippen molar-refractivity contribution in [2.45, 2.75) is 19.4 Å². The number of nitrogens with two attached hydrogens (primary N) is 1. The van der Waals surface area contributed by atoms with Crippen molar-refractivity contribution in [3.63, 3.8) is 0 Å². The van der Waals surface area contributed by atoms with Crippen LogP contribution >= 0.6 is 11.6 Å². The number of hydrogen-bond donors (Lipinski definition) is 1. The molecule has 0 radical (unpaired) electrons. The summed E-state index contributed by atoms with van der Waals surface area (Å²) in [5, 5.41) is 0. The maximum atomic E-state index is 5.88. The second-order valence-corrected chi connectivity index (χ2v) is 4.49. The monoisotopic (exact) mass is 236 g/mol. The number of hydrogen-bond acceptors (Lipinski definition) is 2. The van der Waals surface area contributed by atoms with E-state index >= 15 is 0 Å². The lowest BCUT2D eigenvalue weighted by Gasteiger charge is -2.17. The average Bonchev–Trinajstić information content (AvgIpc) is 2.68. The van der Waals surface area contributed by atoms with Gasteiger partial charge in [0.2, 0.25) is 0 Å². The molecule has 1 unspecified atom stereocenters. The Morgan fingerprint density at radius 2 is 2.38 bits per heavy atom. The molecule has 0 spiro atoms. The first-order valence-electron chi connectivity index (χ1n) is 5.61. The predicted molar refractivity (Wildman–Crippen MR) is 70.0 cm³/mol. The summed E-state index contributed by atoms with van der Waals surface area (Å²) in [6, 6.07) is 6.63. The van der Waals surface area contributed by atoms with Gasteiger partial charge >= 0.3 is 0 Å². The molecule has 2 nitrogen and oxygen atoms in total. The van der Waals surface area contributed by atoms with Crippen LogP contribution in [0.25, 0.3) is 0 Å². The van der Waals surface area contributed by atoms with Crippen LogP contribution in [0.5, 0.6) is 0 Å². The second-order valence-electron chi connectivity index (χ2n) is 4.23. The highest BCUT2D eigenvalue weighted by Crippen LogP contribution is 2.29. The molecule has 0 fully saturated rings.